The van der Waals surface area contributed by atoms with Crippen molar-refractivity contribution in [1.82, 2.24) is 0 Å². The molecule has 92 valence electrons. The molecule has 0 heterocycles. The molecule has 0 N–H and O–H groups in total. The van der Waals surface area contributed by atoms with E-state index in [0.717, 1.165) is 3.57 Å². The van der Waals surface area contributed by atoms with Crippen LogP contribution >= 0.6 is 34.2 Å². The van der Waals surface area contributed by atoms with Crippen molar-refractivity contribution in [2.75, 3.05) is 0 Å². The van der Waals surface area contributed by atoms with Crippen molar-refractivity contribution in [1.29, 1.82) is 0 Å². The molecule has 4 heteroatoms. The highest BCUT2D eigenvalue weighted by Crippen LogP contribution is 2.22. The molecule has 2 aromatic carbocycles. The standard InChI is InChI=1S/C14H9ClFIO/c1-8-6-9(2-5-13(8)16)14(18)11-7-10(17)3-4-12(11)15/h2-7H,1H3. The Morgan fingerprint density at radius 1 is 1.22 bits per heavy atom. The lowest BCUT2D eigenvalue weighted by Gasteiger charge is -2.06. The van der Waals surface area contributed by atoms with Crippen LogP contribution in [0.25, 0.3) is 0 Å². The molecule has 2 aromatic rings. The van der Waals surface area contributed by atoms with Gasteiger partial charge in [0.1, 0.15) is 5.82 Å². The summed E-state index contributed by atoms with van der Waals surface area (Å²) in [6.45, 7) is 1.63. The fourth-order valence-corrected chi connectivity index (χ4v) is 2.31. The minimum atomic E-state index is -0.319. The zero-order valence-electron chi connectivity index (χ0n) is 9.51. The van der Waals surface area contributed by atoms with Gasteiger partial charge in [0.25, 0.3) is 0 Å². The lowest BCUT2D eigenvalue weighted by atomic mass is 10.0. The topological polar surface area (TPSA) is 17.1 Å². The second kappa shape index (κ2) is 5.36. The third-order valence-electron chi connectivity index (χ3n) is 2.59. The van der Waals surface area contributed by atoms with Gasteiger partial charge in [0.2, 0.25) is 0 Å². The van der Waals surface area contributed by atoms with Crippen LogP contribution < -0.4 is 0 Å². The molecular weight excluding hydrogens is 366 g/mol. The molecule has 0 spiro atoms. The maximum atomic E-state index is 13.2. The van der Waals surface area contributed by atoms with Crippen molar-refractivity contribution in [3.8, 4) is 0 Å². The lowest BCUT2D eigenvalue weighted by molar-refractivity contribution is 0.103. The van der Waals surface area contributed by atoms with Crippen LogP contribution in [-0.2, 0) is 0 Å². The Morgan fingerprint density at radius 3 is 2.61 bits per heavy atom. The van der Waals surface area contributed by atoms with E-state index >= 15 is 0 Å². The average Bonchev–Trinajstić information content (AvgIpc) is 2.35. The maximum Gasteiger partial charge on any atom is 0.194 e. The minimum absolute atomic E-state index is 0.193. The summed E-state index contributed by atoms with van der Waals surface area (Å²) in [5.41, 5.74) is 1.33. The summed E-state index contributed by atoms with van der Waals surface area (Å²) < 4.78 is 14.1. The Balaban J connectivity index is 2.47. The number of carbonyl (C=O) groups excluding carboxylic acids is 1. The van der Waals surface area contributed by atoms with E-state index in [1.165, 1.54) is 18.2 Å². The van der Waals surface area contributed by atoms with Crippen LogP contribution in [0, 0.1) is 16.3 Å². The van der Waals surface area contributed by atoms with E-state index < -0.39 is 0 Å². The van der Waals surface area contributed by atoms with Gasteiger partial charge in [-0.1, -0.05) is 11.6 Å². The molecule has 2 rings (SSSR count). The van der Waals surface area contributed by atoms with Crippen molar-refractivity contribution in [3.63, 3.8) is 0 Å². The molecule has 0 aliphatic carbocycles. The molecule has 1 nitrogen and oxygen atoms in total. The summed E-state index contributed by atoms with van der Waals surface area (Å²) in [5, 5.41) is 0.405. The Kier molecular flexibility index (Phi) is 4.02. The maximum absolute atomic E-state index is 13.2. The van der Waals surface area contributed by atoms with Gasteiger partial charge in [-0.2, -0.15) is 0 Å². The molecule has 0 amide bonds. The minimum Gasteiger partial charge on any atom is -0.289 e. The SMILES string of the molecule is Cc1cc(C(=O)c2cc(I)ccc2Cl)ccc1F. The smallest absolute Gasteiger partial charge is 0.194 e. The molecule has 0 aliphatic heterocycles. The second-order valence-corrected chi connectivity index (χ2v) is 5.57. The van der Waals surface area contributed by atoms with Crippen LogP contribution in [0.5, 0.6) is 0 Å². The lowest BCUT2D eigenvalue weighted by Crippen LogP contribution is -2.03. The number of benzene rings is 2. The van der Waals surface area contributed by atoms with Gasteiger partial charge in [-0.05, 0) is 71.5 Å². The van der Waals surface area contributed by atoms with Crippen LogP contribution in [0.3, 0.4) is 0 Å². The van der Waals surface area contributed by atoms with E-state index in [1.807, 2.05) is 6.07 Å². The molecular formula is C14H9ClFIO. The Bertz CT molecular complexity index is 625. The third kappa shape index (κ3) is 2.72. The van der Waals surface area contributed by atoms with Gasteiger partial charge in [0, 0.05) is 14.7 Å². The van der Waals surface area contributed by atoms with E-state index in [0.29, 0.717) is 21.7 Å². The molecule has 0 saturated heterocycles. The highest BCUT2D eigenvalue weighted by atomic mass is 127. The highest BCUT2D eigenvalue weighted by molar-refractivity contribution is 14.1. The Morgan fingerprint density at radius 2 is 1.94 bits per heavy atom. The van der Waals surface area contributed by atoms with E-state index in [9.17, 15) is 9.18 Å². The highest BCUT2D eigenvalue weighted by Gasteiger charge is 2.14. The van der Waals surface area contributed by atoms with Crippen LogP contribution in [0.15, 0.2) is 36.4 Å². The van der Waals surface area contributed by atoms with Gasteiger partial charge in [-0.3, -0.25) is 4.79 Å². The normalized spacial score (nSPS) is 10.4. The van der Waals surface area contributed by atoms with Gasteiger partial charge < -0.3 is 0 Å². The predicted octanol–water partition coefficient (Wildman–Crippen LogP) is 4.62. The van der Waals surface area contributed by atoms with Crippen molar-refractivity contribution in [2.24, 2.45) is 0 Å². The number of rotatable bonds is 2. The molecule has 0 saturated carbocycles. The average molecular weight is 375 g/mol. The van der Waals surface area contributed by atoms with Gasteiger partial charge in [0.15, 0.2) is 5.78 Å². The van der Waals surface area contributed by atoms with Gasteiger partial charge in [-0.15, -0.1) is 0 Å². The van der Waals surface area contributed by atoms with Crippen LogP contribution in [-0.4, -0.2) is 5.78 Å². The van der Waals surface area contributed by atoms with Crippen molar-refractivity contribution in [3.05, 3.63) is 67.5 Å². The van der Waals surface area contributed by atoms with Crippen molar-refractivity contribution in [2.45, 2.75) is 6.92 Å². The van der Waals surface area contributed by atoms with E-state index in [1.54, 1.807) is 19.1 Å². The van der Waals surface area contributed by atoms with Gasteiger partial charge >= 0.3 is 0 Å². The molecule has 18 heavy (non-hydrogen) atoms. The largest absolute Gasteiger partial charge is 0.289 e. The summed E-state index contributed by atoms with van der Waals surface area (Å²) in [4.78, 5) is 12.3. The molecule has 0 aromatic heterocycles. The summed E-state index contributed by atoms with van der Waals surface area (Å²) in [6.07, 6.45) is 0. The first-order chi connectivity index (χ1) is 8.49. The summed E-state index contributed by atoms with van der Waals surface area (Å²) in [7, 11) is 0. The number of ketones is 1. The number of halogens is 3. The Labute approximate surface area is 123 Å². The van der Waals surface area contributed by atoms with E-state index in [2.05, 4.69) is 22.6 Å². The number of hydrogen-bond acceptors (Lipinski definition) is 1. The molecule has 0 unspecified atom stereocenters. The van der Waals surface area contributed by atoms with Crippen molar-refractivity contribution < 1.29 is 9.18 Å². The number of hydrogen-bond donors (Lipinski definition) is 0. The first kappa shape index (κ1) is 13.5. The molecule has 0 bridgehead atoms. The van der Waals surface area contributed by atoms with Gasteiger partial charge in [-0.25, -0.2) is 4.39 Å². The Hall–Kier alpha value is -0.940. The molecule has 0 atom stereocenters. The summed E-state index contributed by atoms with van der Waals surface area (Å²) in [5.74, 6) is -0.512. The van der Waals surface area contributed by atoms with E-state index in [4.69, 9.17) is 11.6 Å². The van der Waals surface area contributed by atoms with Crippen LogP contribution in [0.4, 0.5) is 4.39 Å². The summed E-state index contributed by atoms with van der Waals surface area (Å²) in [6, 6.07) is 9.55. The zero-order chi connectivity index (χ0) is 13.3. The second-order valence-electron chi connectivity index (χ2n) is 3.92. The predicted molar refractivity (Wildman–Crippen MR) is 78.7 cm³/mol. The van der Waals surface area contributed by atoms with Crippen molar-refractivity contribution >= 4 is 40.0 Å². The monoisotopic (exact) mass is 374 g/mol. The molecule has 0 radical (unpaired) electrons. The van der Waals surface area contributed by atoms with Crippen LogP contribution in [0.1, 0.15) is 21.5 Å². The number of aryl methyl sites for hydroxylation is 1. The fraction of sp³-hybridized carbons (Fsp3) is 0.0714. The van der Waals surface area contributed by atoms with E-state index in [-0.39, 0.29) is 11.6 Å². The first-order valence-corrected chi connectivity index (χ1v) is 6.70. The summed E-state index contributed by atoms with van der Waals surface area (Å²) >= 11 is 8.13. The number of carbonyl (C=O) groups is 1. The fourth-order valence-electron chi connectivity index (χ4n) is 1.61. The third-order valence-corrected chi connectivity index (χ3v) is 3.59. The quantitative estimate of drug-likeness (QED) is 0.554. The molecule has 0 aliphatic rings. The zero-order valence-corrected chi connectivity index (χ0v) is 12.4. The molecule has 0 fully saturated rings. The first-order valence-electron chi connectivity index (χ1n) is 5.25. The van der Waals surface area contributed by atoms with Gasteiger partial charge in [0.05, 0.1) is 5.02 Å². The van der Waals surface area contributed by atoms with Crippen LogP contribution in [0.2, 0.25) is 5.02 Å².